The van der Waals surface area contributed by atoms with Crippen molar-refractivity contribution in [3.63, 3.8) is 0 Å². The topological polar surface area (TPSA) is 116 Å². The molecule has 0 bridgehead atoms. The summed E-state index contributed by atoms with van der Waals surface area (Å²) in [6.45, 7) is 2.83. The van der Waals surface area contributed by atoms with Gasteiger partial charge in [0.2, 0.25) is 10.0 Å². The van der Waals surface area contributed by atoms with Gasteiger partial charge in [0.25, 0.3) is 0 Å². The third-order valence-corrected chi connectivity index (χ3v) is 8.47. The summed E-state index contributed by atoms with van der Waals surface area (Å²) < 4.78 is 33.3. The summed E-state index contributed by atoms with van der Waals surface area (Å²) in [6, 6.07) is 22.9. The zero-order chi connectivity index (χ0) is 28.7. The molecule has 1 heterocycles. The number of aliphatic hydroxyl groups excluding tert-OH is 1. The van der Waals surface area contributed by atoms with E-state index in [2.05, 4.69) is 4.72 Å². The zero-order valence-electron chi connectivity index (χ0n) is 22.5. The van der Waals surface area contributed by atoms with Crippen LogP contribution in [0.25, 0.3) is 20.5 Å². The van der Waals surface area contributed by atoms with Gasteiger partial charge >= 0.3 is 5.97 Å². The lowest BCUT2D eigenvalue weighted by molar-refractivity contribution is -0.141. The lowest BCUT2D eigenvalue weighted by Crippen LogP contribution is -2.32. The van der Waals surface area contributed by atoms with Gasteiger partial charge in [-0.3, -0.25) is 9.52 Å². The first-order chi connectivity index (χ1) is 19.2. The number of carbonyl (C=O) groups is 1. The lowest BCUT2D eigenvalue weighted by atomic mass is 9.93. The second-order valence-corrected chi connectivity index (χ2v) is 12.3. The highest BCUT2D eigenvalue weighted by molar-refractivity contribution is 7.92. The second-order valence-electron chi connectivity index (χ2n) is 9.53. The zero-order valence-corrected chi connectivity index (χ0v) is 24.2. The molecule has 1 aromatic heterocycles. The number of hydrogen-bond donors (Lipinski definition) is 3. The second kappa shape index (κ2) is 13.2. The highest BCUT2D eigenvalue weighted by Crippen LogP contribution is 2.41. The smallest absolute Gasteiger partial charge is 0.306 e. The Kier molecular flexibility index (Phi) is 9.67. The molecule has 1 unspecified atom stereocenters. The molecule has 0 saturated carbocycles. The molecule has 0 fully saturated rings. The van der Waals surface area contributed by atoms with Gasteiger partial charge in [0.15, 0.2) is 0 Å². The van der Waals surface area contributed by atoms with E-state index in [-0.39, 0.29) is 6.61 Å². The molecule has 0 aliphatic rings. The van der Waals surface area contributed by atoms with Gasteiger partial charge in [-0.05, 0) is 59.7 Å². The Morgan fingerprint density at radius 3 is 2.45 bits per heavy atom. The van der Waals surface area contributed by atoms with Crippen LogP contribution in [0.3, 0.4) is 0 Å². The first-order valence-electron chi connectivity index (χ1n) is 13.1. The van der Waals surface area contributed by atoms with E-state index in [0.717, 1.165) is 32.3 Å². The number of thiophene rings is 1. The number of nitrogens with one attached hydrogen (secondary N) is 1. The minimum atomic E-state index is -3.47. The maximum atomic E-state index is 11.8. The fraction of sp³-hybridized carbons (Fsp3) is 0.300. The van der Waals surface area contributed by atoms with Crippen molar-refractivity contribution in [3.8, 4) is 16.2 Å². The lowest BCUT2D eigenvalue weighted by Gasteiger charge is -2.26. The predicted molar refractivity (Wildman–Crippen MR) is 162 cm³/mol. The van der Waals surface area contributed by atoms with Crippen molar-refractivity contribution in [3.05, 3.63) is 78.4 Å². The summed E-state index contributed by atoms with van der Waals surface area (Å²) in [5.41, 5.74) is 3.19. The largest absolute Gasteiger partial charge is 0.492 e. The highest BCUT2D eigenvalue weighted by atomic mass is 32.2. The van der Waals surface area contributed by atoms with Crippen LogP contribution in [0.5, 0.6) is 5.75 Å². The maximum Gasteiger partial charge on any atom is 0.306 e. The molecule has 0 spiro atoms. The molecular weight excluding hydrogens is 548 g/mol. The van der Waals surface area contributed by atoms with Crippen LogP contribution in [0.4, 0.5) is 11.4 Å². The Labute approximate surface area is 238 Å². The average molecular weight is 583 g/mol. The van der Waals surface area contributed by atoms with Crippen LogP contribution in [0.1, 0.15) is 18.9 Å². The Morgan fingerprint density at radius 1 is 1.05 bits per heavy atom. The van der Waals surface area contributed by atoms with Crippen molar-refractivity contribution >= 4 is 48.8 Å². The van der Waals surface area contributed by atoms with Crippen LogP contribution in [0, 0.1) is 5.92 Å². The molecule has 3 aromatic carbocycles. The number of aliphatic carboxylic acids is 1. The molecule has 3 N–H and O–H groups in total. The first-order valence-corrected chi connectivity index (χ1v) is 15.8. The molecule has 0 radical (unpaired) electrons. The minimum Gasteiger partial charge on any atom is -0.492 e. The van der Waals surface area contributed by atoms with Gasteiger partial charge in [0.1, 0.15) is 12.4 Å². The molecule has 0 aliphatic heterocycles. The van der Waals surface area contributed by atoms with E-state index in [0.29, 0.717) is 49.7 Å². The van der Waals surface area contributed by atoms with Crippen molar-refractivity contribution in [1.82, 2.24) is 0 Å². The van der Waals surface area contributed by atoms with E-state index >= 15 is 0 Å². The number of aliphatic hydroxyl groups is 1. The molecule has 1 atom stereocenters. The first kappa shape index (κ1) is 29.4. The number of para-hydroxylation sites is 2. The van der Waals surface area contributed by atoms with Crippen LogP contribution in [0.2, 0.25) is 0 Å². The number of nitrogens with zero attached hydrogens (tertiary/aromatic N) is 1. The van der Waals surface area contributed by atoms with Gasteiger partial charge in [-0.15, -0.1) is 11.3 Å². The monoisotopic (exact) mass is 582 g/mol. The van der Waals surface area contributed by atoms with Gasteiger partial charge < -0.3 is 19.8 Å². The molecule has 10 heteroatoms. The molecule has 212 valence electrons. The third kappa shape index (κ3) is 7.32. The summed E-state index contributed by atoms with van der Waals surface area (Å²) in [5.74, 6) is -0.577. The van der Waals surface area contributed by atoms with Crippen LogP contribution in [-0.4, -0.2) is 57.2 Å². The number of sulfonamides is 1. The van der Waals surface area contributed by atoms with Gasteiger partial charge in [-0.2, -0.15) is 0 Å². The standard InChI is InChI=1S/C30H34N2O6S2/c1-3-21(30(34)35)19-25-24-14-13-23(20-28(24)39-29(25)22-9-5-4-6-10-22)38-18-16-32(15-17-33)27-12-8-7-11-26(27)31-40(2,36)37/h4-14,20-21,31,33H,3,15-19H2,1-2H3,(H,34,35). The van der Waals surface area contributed by atoms with Crippen molar-refractivity contribution < 1.29 is 28.2 Å². The van der Waals surface area contributed by atoms with E-state index < -0.39 is 21.9 Å². The number of rotatable bonds is 14. The minimum absolute atomic E-state index is 0.103. The molecule has 40 heavy (non-hydrogen) atoms. The number of ether oxygens (including phenoxy) is 1. The highest BCUT2D eigenvalue weighted by Gasteiger charge is 2.22. The van der Waals surface area contributed by atoms with E-state index in [1.54, 1.807) is 29.5 Å². The van der Waals surface area contributed by atoms with E-state index in [9.17, 15) is 23.4 Å². The fourth-order valence-corrected chi connectivity index (χ4v) is 6.52. The van der Waals surface area contributed by atoms with Crippen LogP contribution in [0.15, 0.2) is 72.8 Å². The molecule has 4 aromatic rings. The van der Waals surface area contributed by atoms with E-state index in [1.807, 2.05) is 66.4 Å². The van der Waals surface area contributed by atoms with E-state index in [4.69, 9.17) is 4.74 Å². The Morgan fingerprint density at radius 2 is 1.77 bits per heavy atom. The van der Waals surface area contributed by atoms with Gasteiger partial charge in [-0.25, -0.2) is 8.42 Å². The fourth-order valence-electron chi connectivity index (χ4n) is 4.68. The number of hydrogen-bond acceptors (Lipinski definition) is 7. The number of fused-ring (bicyclic) bond motifs is 1. The summed E-state index contributed by atoms with van der Waals surface area (Å²) in [6.07, 6.45) is 2.10. The molecular formula is C30H34N2O6S2. The molecule has 8 nitrogen and oxygen atoms in total. The molecule has 4 rings (SSSR count). The Balaban J connectivity index is 1.57. The average Bonchev–Trinajstić information content (AvgIpc) is 3.28. The van der Waals surface area contributed by atoms with Gasteiger partial charge in [0, 0.05) is 16.1 Å². The van der Waals surface area contributed by atoms with Gasteiger partial charge in [-0.1, -0.05) is 49.4 Å². The van der Waals surface area contributed by atoms with Crippen molar-refractivity contribution in [1.29, 1.82) is 0 Å². The third-order valence-electron chi connectivity index (χ3n) is 6.63. The van der Waals surface area contributed by atoms with Crippen LogP contribution in [-0.2, 0) is 21.2 Å². The van der Waals surface area contributed by atoms with Crippen molar-refractivity contribution in [2.75, 3.05) is 42.2 Å². The Hall–Kier alpha value is -3.60. The molecule has 0 saturated heterocycles. The van der Waals surface area contributed by atoms with Crippen LogP contribution < -0.4 is 14.4 Å². The maximum absolute atomic E-state index is 11.8. The number of anilines is 2. The summed E-state index contributed by atoms with van der Waals surface area (Å²) >= 11 is 1.63. The van der Waals surface area contributed by atoms with Crippen molar-refractivity contribution in [2.24, 2.45) is 5.92 Å². The van der Waals surface area contributed by atoms with Crippen LogP contribution >= 0.6 is 11.3 Å². The number of benzene rings is 3. The Bertz CT molecular complexity index is 1550. The normalized spacial score (nSPS) is 12.3. The summed E-state index contributed by atoms with van der Waals surface area (Å²) in [4.78, 5) is 14.8. The summed E-state index contributed by atoms with van der Waals surface area (Å²) in [5, 5.41) is 20.4. The SMILES string of the molecule is CCC(Cc1c(-c2ccccc2)sc2cc(OCCN(CCO)c3ccccc3NS(C)(=O)=O)ccc12)C(=O)O. The number of carboxylic acid groups (broad SMARTS) is 1. The number of carboxylic acids is 1. The molecule has 0 aliphatic carbocycles. The van der Waals surface area contributed by atoms with Crippen molar-refractivity contribution in [2.45, 2.75) is 19.8 Å². The quantitative estimate of drug-likeness (QED) is 0.181. The summed E-state index contributed by atoms with van der Waals surface area (Å²) in [7, 11) is -3.47. The van der Waals surface area contributed by atoms with E-state index in [1.165, 1.54) is 0 Å². The van der Waals surface area contributed by atoms with Gasteiger partial charge in [0.05, 0.1) is 36.7 Å². The predicted octanol–water partition coefficient (Wildman–Crippen LogP) is 5.47. The molecule has 0 amide bonds.